The molecule has 0 saturated heterocycles. The van der Waals surface area contributed by atoms with E-state index in [1.807, 2.05) is 12.1 Å². The fraction of sp³-hybridized carbons (Fsp3) is 0.364. The second-order valence-electron chi connectivity index (χ2n) is 6.27. The number of methoxy groups -OCH3 is 3. The van der Waals surface area contributed by atoms with Gasteiger partial charge >= 0.3 is 5.97 Å². The van der Waals surface area contributed by atoms with Crippen LogP contribution in [0.3, 0.4) is 0 Å². The van der Waals surface area contributed by atoms with Crippen LogP contribution in [-0.4, -0.2) is 39.8 Å². The van der Waals surface area contributed by atoms with E-state index in [9.17, 15) is 9.59 Å². The highest BCUT2D eigenvalue weighted by Crippen LogP contribution is 2.28. The molecular weight excluding hydrogens is 374 g/mol. The molecule has 0 aromatic heterocycles. The maximum Gasteiger partial charge on any atom is 0.308 e. The minimum atomic E-state index is -0.531. The first-order valence-corrected chi connectivity index (χ1v) is 9.30. The summed E-state index contributed by atoms with van der Waals surface area (Å²) in [6, 6.07) is 12.0. The molecule has 2 aromatic rings. The van der Waals surface area contributed by atoms with Crippen molar-refractivity contribution in [3.8, 4) is 17.2 Å². The van der Waals surface area contributed by atoms with Crippen molar-refractivity contribution in [2.45, 2.75) is 25.8 Å². The van der Waals surface area contributed by atoms with Gasteiger partial charge in [0.15, 0.2) is 11.5 Å². The normalized spacial score (nSPS) is 11.3. The van der Waals surface area contributed by atoms with Crippen molar-refractivity contribution in [3.05, 3.63) is 53.6 Å². The van der Waals surface area contributed by atoms with Crippen LogP contribution in [0, 0.1) is 0 Å². The van der Waals surface area contributed by atoms with Gasteiger partial charge in [0.2, 0.25) is 5.91 Å². The first-order chi connectivity index (χ1) is 14.0. The average Bonchev–Trinajstić information content (AvgIpc) is 2.73. The maximum absolute atomic E-state index is 12.7. The van der Waals surface area contributed by atoms with E-state index < -0.39 is 6.04 Å². The SMILES string of the molecule is CCOC(=O)CC(NC(=O)Cc1ccc(OC)c(OC)c1)c1cccc(OC)c1. The number of esters is 1. The van der Waals surface area contributed by atoms with Gasteiger partial charge in [-0.15, -0.1) is 0 Å². The van der Waals surface area contributed by atoms with Gasteiger partial charge < -0.3 is 24.3 Å². The summed E-state index contributed by atoms with van der Waals surface area (Å²) in [4.78, 5) is 24.7. The van der Waals surface area contributed by atoms with E-state index in [1.54, 1.807) is 58.6 Å². The van der Waals surface area contributed by atoms with Gasteiger partial charge in [-0.05, 0) is 42.3 Å². The van der Waals surface area contributed by atoms with Crippen LogP contribution in [0.2, 0.25) is 0 Å². The van der Waals surface area contributed by atoms with Gasteiger partial charge in [0.1, 0.15) is 5.75 Å². The molecular formula is C22H27NO6. The first-order valence-electron chi connectivity index (χ1n) is 9.30. The summed E-state index contributed by atoms with van der Waals surface area (Å²) >= 11 is 0. The Labute approximate surface area is 170 Å². The number of hydrogen-bond acceptors (Lipinski definition) is 6. The molecule has 1 atom stereocenters. The minimum absolute atomic E-state index is 0.0265. The fourth-order valence-corrected chi connectivity index (χ4v) is 2.92. The molecule has 0 aliphatic heterocycles. The van der Waals surface area contributed by atoms with Crippen LogP contribution in [0.25, 0.3) is 0 Å². The summed E-state index contributed by atoms with van der Waals surface area (Å²) in [5.74, 6) is 1.17. The summed E-state index contributed by atoms with van der Waals surface area (Å²) in [6.45, 7) is 2.03. The number of rotatable bonds is 10. The van der Waals surface area contributed by atoms with E-state index in [1.165, 1.54) is 0 Å². The summed E-state index contributed by atoms with van der Waals surface area (Å²) in [7, 11) is 4.66. The molecule has 0 aliphatic rings. The molecule has 1 unspecified atom stereocenters. The number of amides is 1. The molecule has 1 amide bonds. The topological polar surface area (TPSA) is 83.1 Å². The number of carbonyl (C=O) groups excluding carboxylic acids is 2. The lowest BCUT2D eigenvalue weighted by atomic mass is 10.0. The molecule has 0 fully saturated rings. The third kappa shape index (κ3) is 6.41. The number of benzene rings is 2. The zero-order chi connectivity index (χ0) is 21.2. The monoisotopic (exact) mass is 401 g/mol. The third-order valence-corrected chi connectivity index (χ3v) is 4.32. The molecule has 0 bridgehead atoms. The zero-order valence-electron chi connectivity index (χ0n) is 17.2. The Morgan fingerprint density at radius 2 is 1.72 bits per heavy atom. The van der Waals surface area contributed by atoms with Crippen LogP contribution in [-0.2, 0) is 20.7 Å². The van der Waals surface area contributed by atoms with Crippen molar-refractivity contribution in [2.24, 2.45) is 0 Å². The molecule has 0 spiro atoms. The third-order valence-electron chi connectivity index (χ3n) is 4.32. The summed E-state index contributed by atoms with van der Waals surface area (Å²) < 4.78 is 20.8. The second kappa shape index (κ2) is 10.9. The van der Waals surface area contributed by atoms with E-state index in [4.69, 9.17) is 18.9 Å². The highest BCUT2D eigenvalue weighted by molar-refractivity contribution is 5.80. The quantitative estimate of drug-likeness (QED) is 0.616. The summed E-state index contributed by atoms with van der Waals surface area (Å²) in [5.41, 5.74) is 1.53. The first kappa shape index (κ1) is 22.1. The van der Waals surface area contributed by atoms with E-state index in [0.717, 1.165) is 11.1 Å². The fourth-order valence-electron chi connectivity index (χ4n) is 2.92. The molecule has 0 radical (unpaired) electrons. The molecule has 0 aliphatic carbocycles. The molecule has 1 N–H and O–H groups in total. The number of ether oxygens (including phenoxy) is 4. The van der Waals surface area contributed by atoms with Crippen molar-refractivity contribution < 1.29 is 28.5 Å². The largest absolute Gasteiger partial charge is 0.497 e. The van der Waals surface area contributed by atoms with Crippen LogP contribution in [0.1, 0.15) is 30.5 Å². The lowest BCUT2D eigenvalue weighted by molar-refractivity contribution is -0.143. The van der Waals surface area contributed by atoms with E-state index >= 15 is 0 Å². The lowest BCUT2D eigenvalue weighted by Crippen LogP contribution is -2.31. The Morgan fingerprint density at radius 3 is 2.38 bits per heavy atom. The molecule has 0 saturated carbocycles. The van der Waals surface area contributed by atoms with Gasteiger partial charge in [-0.25, -0.2) is 0 Å². The van der Waals surface area contributed by atoms with Gasteiger partial charge in [-0.3, -0.25) is 9.59 Å². The van der Waals surface area contributed by atoms with E-state index in [2.05, 4.69) is 5.32 Å². The molecule has 2 rings (SSSR count). The van der Waals surface area contributed by atoms with E-state index in [-0.39, 0.29) is 31.3 Å². The second-order valence-corrected chi connectivity index (χ2v) is 6.27. The summed E-state index contributed by atoms with van der Waals surface area (Å²) in [6.07, 6.45) is 0.155. The van der Waals surface area contributed by atoms with E-state index in [0.29, 0.717) is 17.2 Å². The molecule has 29 heavy (non-hydrogen) atoms. The van der Waals surface area contributed by atoms with Crippen molar-refractivity contribution in [1.29, 1.82) is 0 Å². The predicted octanol–water partition coefficient (Wildman–Crippen LogP) is 3.07. The molecule has 2 aromatic carbocycles. The zero-order valence-corrected chi connectivity index (χ0v) is 17.2. The Morgan fingerprint density at radius 1 is 0.966 bits per heavy atom. The number of nitrogens with one attached hydrogen (secondary N) is 1. The van der Waals surface area contributed by atoms with Crippen LogP contribution in [0.4, 0.5) is 0 Å². The van der Waals surface area contributed by atoms with Gasteiger partial charge in [0.25, 0.3) is 0 Å². The van der Waals surface area contributed by atoms with Gasteiger partial charge in [0, 0.05) is 0 Å². The maximum atomic E-state index is 12.7. The standard InChI is InChI=1S/C22H27NO6/c1-5-29-22(25)14-18(16-7-6-8-17(13-16)26-2)23-21(24)12-15-9-10-19(27-3)20(11-15)28-4/h6-11,13,18H,5,12,14H2,1-4H3,(H,23,24). The molecule has 7 nitrogen and oxygen atoms in total. The highest BCUT2D eigenvalue weighted by Gasteiger charge is 2.20. The molecule has 0 heterocycles. The Balaban J connectivity index is 2.16. The van der Waals surface area contributed by atoms with Crippen molar-refractivity contribution in [1.82, 2.24) is 5.32 Å². The lowest BCUT2D eigenvalue weighted by Gasteiger charge is -2.19. The van der Waals surface area contributed by atoms with Crippen LogP contribution >= 0.6 is 0 Å². The molecule has 7 heteroatoms. The van der Waals surface area contributed by atoms with Crippen molar-refractivity contribution in [2.75, 3.05) is 27.9 Å². The average molecular weight is 401 g/mol. The van der Waals surface area contributed by atoms with Crippen molar-refractivity contribution >= 4 is 11.9 Å². The minimum Gasteiger partial charge on any atom is -0.497 e. The summed E-state index contributed by atoms with van der Waals surface area (Å²) in [5, 5.41) is 2.92. The number of hydrogen-bond donors (Lipinski definition) is 1. The highest BCUT2D eigenvalue weighted by atomic mass is 16.5. The van der Waals surface area contributed by atoms with Crippen LogP contribution in [0.5, 0.6) is 17.2 Å². The Kier molecular flexibility index (Phi) is 8.33. The number of carbonyl (C=O) groups is 2. The van der Waals surface area contributed by atoms with Gasteiger partial charge in [-0.2, -0.15) is 0 Å². The predicted molar refractivity (Wildman–Crippen MR) is 108 cm³/mol. The van der Waals surface area contributed by atoms with Crippen molar-refractivity contribution in [3.63, 3.8) is 0 Å². The molecule has 156 valence electrons. The Hall–Kier alpha value is -3.22. The van der Waals surface area contributed by atoms with Gasteiger partial charge in [-0.1, -0.05) is 18.2 Å². The van der Waals surface area contributed by atoms with Gasteiger partial charge in [0.05, 0.1) is 46.8 Å². The van der Waals surface area contributed by atoms with Crippen LogP contribution < -0.4 is 19.5 Å². The van der Waals surface area contributed by atoms with Crippen LogP contribution in [0.15, 0.2) is 42.5 Å². The Bertz CT molecular complexity index is 836. The smallest absolute Gasteiger partial charge is 0.308 e.